The SMILES string of the molecule is O=C(c1ccc2ccccc2c1)c1cc(C(=O)c2ccc3ccccc3c2)c(-c2ccc3ccccc3c2)nc1-c1ccc2ccccc2c1. The third-order valence-corrected chi connectivity index (χ3v) is 9.58. The number of fused-ring (bicyclic) bond motifs is 4. The van der Waals surface area contributed by atoms with Gasteiger partial charge in [-0.2, -0.15) is 0 Å². The Morgan fingerprint density at radius 1 is 0.320 bits per heavy atom. The second-order valence-corrected chi connectivity index (χ2v) is 12.7. The number of benzene rings is 8. The third-order valence-electron chi connectivity index (χ3n) is 9.58. The van der Waals surface area contributed by atoms with Crippen LogP contribution in [0.25, 0.3) is 65.6 Å². The average molecular weight is 640 g/mol. The smallest absolute Gasteiger partial charge is 0.195 e. The zero-order valence-corrected chi connectivity index (χ0v) is 27.0. The second-order valence-electron chi connectivity index (χ2n) is 12.7. The fourth-order valence-corrected chi connectivity index (χ4v) is 6.94. The summed E-state index contributed by atoms with van der Waals surface area (Å²) in [7, 11) is 0. The molecule has 3 nitrogen and oxygen atoms in total. The van der Waals surface area contributed by atoms with E-state index >= 15 is 0 Å². The van der Waals surface area contributed by atoms with E-state index in [9.17, 15) is 9.59 Å². The predicted octanol–water partition coefficient (Wildman–Crippen LogP) is 11.5. The number of hydrogen-bond donors (Lipinski definition) is 0. The molecule has 0 aliphatic rings. The molecule has 0 amide bonds. The highest BCUT2D eigenvalue weighted by Crippen LogP contribution is 2.35. The van der Waals surface area contributed by atoms with Crippen LogP contribution in [0, 0.1) is 0 Å². The standard InChI is InChI=1S/C47H29NO2/c49-46(40-23-19-32-11-3-7-15-36(32)27-40)42-29-43(47(50)41-24-20-33-12-4-8-16-37(33)28-41)45(39-22-18-31-10-2-6-14-35(31)26-39)48-44(42)38-21-17-30-9-1-5-13-34(30)25-38/h1-29H. The Bertz CT molecular complexity index is 2620. The Kier molecular flexibility index (Phi) is 7.10. The van der Waals surface area contributed by atoms with Crippen molar-refractivity contribution in [2.75, 3.05) is 0 Å². The van der Waals surface area contributed by atoms with Gasteiger partial charge in [0, 0.05) is 33.4 Å². The molecule has 9 rings (SSSR count). The number of carbonyl (C=O) groups is 2. The van der Waals surface area contributed by atoms with Gasteiger partial charge >= 0.3 is 0 Å². The highest BCUT2D eigenvalue weighted by Gasteiger charge is 2.25. The summed E-state index contributed by atoms with van der Waals surface area (Å²) in [5, 5.41) is 8.32. The first-order valence-corrected chi connectivity index (χ1v) is 16.7. The monoisotopic (exact) mass is 639 g/mol. The van der Waals surface area contributed by atoms with E-state index in [0.717, 1.165) is 54.2 Å². The minimum atomic E-state index is -0.191. The third kappa shape index (κ3) is 5.22. The van der Waals surface area contributed by atoms with E-state index < -0.39 is 0 Å². The van der Waals surface area contributed by atoms with Gasteiger partial charge in [-0.1, -0.05) is 146 Å². The number of nitrogens with zero attached hydrogens (tertiary/aromatic N) is 1. The van der Waals surface area contributed by atoms with E-state index in [4.69, 9.17) is 4.98 Å². The van der Waals surface area contributed by atoms with Crippen molar-refractivity contribution >= 4 is 54.7 Å². The molecule has 0 unspecified atom stereocenters. The number of aromatic nitrogens is 1. The first kappa shape index (κ1) is 29.4. The highest BCUT2D eigenvalue weighted by atomic mass is 16.1. The quantitative estimate of drug-likeness (QED) is 0.170. The summed E-state index contributed by atoms with van der Waals surface area (Å²) in [4.78, 5) is 34.7. The molecule has 1 aromatic heterocycles. The molecule has 0 aliphatic heterocycles. The van der Waals surface area contributed by atoms with Gasteiger partial charge in [0.15, 0.2) is 11.6 Å². The van der Waals surface area contributed by atoms with Crippen LogP contribution < -0.4 is 0 Å². The minimum Gasteiger partial charge on any atom is -0.289 e. The van der Waals surface area contributed by atoms with E-state index in [-0.39, 0.29) is 11.6 Å². The summed E-state index contributed by atoms with van der Waals surface area (Å²) in [6.07, 6.45) is 0. The topological polar surface area (TPSA) is 47.0 Å². The number of rotatable bonds is 6. The van der Waals surface area contributed by atoms with Crippen molar-refractivity contribution in [1.82, 2.24) is 4.98 Å². The van der Waals surface area contributed by atoms with Crippen molar-refractivity contribution in [2.24, 2.45) is 0 Å². The summed E-state index contributed by atoms with van der Waals surface area (Å²) in [5.41, 5.74) is 4.51. The van der Waals surface area contributed by atoms with Crippen LogP contribution in [0.3, 0.4) is 0 Å². The van der Waals surface area contributed by atoms with Crippen LogP contribution >= 0.6 is 0 Å². The summed E-state index contributed by atoms with van der Waals surface area (Å²) in [6, 6.07) is 57.8. The Hall–Kier alpha value is -6.71. The Morgan fingerprint density at radius 2 is 0.640 bits per heavy atom. The van der Waals surface area contributed by atoms with Gasteiger partial charge in [-0.05, 0) is 73.4 Å². The number of hydrogen-bond acceptors (Lipinski definition) is 3. The molecule has 0 atom stereocenters. The number of ketones is 2. The molecule has 0 radical (unpaired) electrons. The van der Waals surface area contributed by atoms with Crippen molar-refractivity contribution in [3.63, 3.8) is 0 Å². The van der Waals surface area contributed by atoms with Crippen molar-refractivity contribution in [2.45, 2.75) is 0 Å². The lowest BCUT2D eigenvalue weighted by molar-refractivity contribution is 0.103. The number of pyridine rings is 1. The number of carbonyl (C=O) groups excluding carboxylic acids is 2. The van der Waals surface area contributed by atoms with Gasteiger partial charge in [-0.25, -0.2) is 4.98 Å². The molecule has 8 aromatic carbocycles. The predicted molar refractivity (Wildman–Crippen MR) is 205 cm³/mol. The van der Waals surface area contributed by atoms with Gasteiger partial charge < -0.3 is 0 Å². The fraction of sp³-hybridized carbons (Fsp3) is 0. The van der Waals surface area contributed by atoms with Crippen LogP contribution in [0.1, 0.15) is 31.8 Å². The van der Waals surface area contributed by atoms with E-state index in [0.29, 0.717) is 33.6 Å². The maximum absolute atomic E-state index is 14.7. The van der Waals surface area contributed by atoms with Crippen LogP contribution in [-0.4, -0.2) is 16.6 Å². The molecule has 0 bridgehead atoms. The van der Waals surface area contributed by atoms with E-state index in [2.05, 4.69) is 48.5 Å². The van der Waals surface area contributed by atoms with Gasteiger partial charge in [0.05, 0.1) is 11.4 Å². The normalized spacial score (nSPS) is 11.4. The molecular formula is C47H29NO2. The van der Waals surface area contributed by atoms with E-state index in [1.165, 1.54) is 0 Å². The molecule has 50 heavy (non-hydrogen) atoms. The maximum atomic E-state index is 14.7. The summed E-state index contributed by atoms with van der Waals surface area (Å²) in [5.74, 6) is -0.381. The fourth-order valence-electron chi connectivity index (χ4n) is 6.94. The molecule has 0 fully saturated rings. The molecule has 0 spiro atoms. The average Bonchev–Trinajstić information content (AvgIpc) is 3.19. The zero-order chi connectivity index (χ0) is 33.6. The maximum Gasteiger partial charge on any atom is 0.195 e. The highest BCUT2D eigenvalue weighted by molar-refractivity contribution is 6.19. The Balaban J connectivity index is 1.32. The largest absolute Gasteiger partial charge is 0.289 e. The zero-order valence-electron chi connectivity index (χ0n) is 27.0. The van der Waals surface area contributed by atoms with Crippen molar-refractivity contribution in [1.29, 1.82) is 0 Å². The van der Waals surface area contributed by atoms with Gasteiger partial charge in [0.25, 0.3) is 0 Å². The first-order valence-electron chi connectivity index (χ1n) is 16.7. The van der Waals surface area contributed by atoms with Gasteiger partial charge in [0.1, 0.15) is 0 Å². The lowest BCUT2D eigenvalue weighted by Crippen LogP contribution is -2.12. The molecule has 0 saturated carbocycles. The first-order chi connectivity index (χ1) is 24.6. The van der Waals surface area contributed by atoms with Crippen LogP contribution in [0.2, 0.25) is 0 Å². The van der Waals surface area contributed by atoms with E-state index in [1.54, 1.807) is 6.07 Å². The Labute approximate surface area is 289 Å². The molecule has 0 aliphatic carbocycles. The lowest BCUT2D eigenvalue weighted by atomic mass is 9.89. The van der Waals surface area contributed by atoms with E-state index in [1.807, 2.05) is 121 Å². The second kappa shape index (κ2) is 12.1. The summed E-state index contributed by atoms with van der Waals surface area (Å²) < 4.78 is 0. The summed E-state index contributed by atoms with van der Waals surface area (Å²) in [6.45, 7) is 0. The molecule has 234 valence electrons. The van der Waals surface area contributed by atoms with Crippen molar-refractivity contribution < 1.29 is 9.59 Å². The molecule has 0 saturated heterocycles. The molecule has 9 aromatic rings. The van der Waals surface area contributed by atoms with Gasteiger partial charge in [0.2, 0.25) is 0 Å². The van der Waals surface area contributed by atoms with Crippen molar-refractivity contribution in [3.8, 4) is 22.5 Å². The van der Waals surface area contributed by atoms with Crippen molar-refractivity contribution in [3.05, 3.63) is 198 Å². The molecule has 0 N–H and O–H groups in total. The van der Waals surface area contributed by atoms with Crippen LogP contribution in [0.4, 0.5) is 0 Å². The Morgan fingerprint density at radius 3 is 1.02 bits per heavy atom. The van der Waals surface area contributed by atoms with Crippen LogP contribution in [-0.2, 0) is 0 Å². The molecule has 3 heteroatoms. The lowest BCUT2D eigenvalue weighted by Gasteiger charge is -2.17. The minimum absolute atomic E-state index is 0.191. The van der Waals surface area contributed by atoms with Crippen LogP contribution in [0.5, 0.6) is 0 Å². The molecule has 1 heterocycles. The van der Waals surface area contributed by atoms with Gasteiger partial charge in [-0.3, -0.25) is 9.59 Å². The summed E-state index contributed by atoms with van der Waals surface area (Å²) >= 11 is 0. The van der Waals surface area contributed by atoms with Crippen LogP contribution in [0.15, 0.2) is 176 Å². The molecular weight excluding hydrogens is 611 g/mol. The van der Waals surface area contributed by atoms with Gasteiger partial charge in [-0.15, -0.1) is 0 Å².